The molecule has 3 aromatic rings. The molecule has 0 fully saturated rings. The third-order valence-corrected chi connectivity index (χ3v) is 4.99. The summed E-state index contributed by atoms with van der Waals surface area (Å²) in [6, 6.07) is 17.5. The summed E-state index contributed by atoms with van der Waals surface area (Å²) in [4.78, 5) is 18.0. The van der Waals surface area contributed by atoms with Gasteiger partial charge >= 0.3 is 0 Å². The summed E-state index contributed by atoms with van der Waals surface area (Å²) in [7, 11) is 0. The van der Waals surface area contributed by atoms with Gasteiger partial charge < -0.3 is 5.32 Å². The predicted octanol–water partition coefficient (Wildman–Crippen LogP) is 4.16. The second kappa shape index (κ2) is 7.94. The van der Waals surface area contributed by atoms with E-state index in [1.807, 2.05) is 38.1 Å². The summed E-state index contributed by atoms with van der Waals surface area (Å²) >= 11 is 1.56. The van der Waals surface area contributed by atoms with Crippen LogP contribution in [0, 0.1) is 25.2 Å². The van der Waals surface area contributed by atoms with Crippen molar-refractivity contribution in [3.63, 3.8) is 0 Å². The smallest absolute Gasteiger partial charge is 0.225 e. The van der Waals surface area contributed by atoms with Gasteiger partial charge in [-0.25, -0.2) is 4.98 Å². The first-order valence-electron chi connectivity index (χ1n) is 8.34. The van der Waals surface area contributed by atoms with E-state index in [0.29, 0.717) is 18.5 Å². The summed E-state index contributed by atoms with van der Waals surface area (Å²) in [5, 5.41) is 12.7. The third-order valence-electron chi connectivity index (χ3n) is 4.02. The minimum absolute atomic E-state index is 0.0358. The molecule has 5 heteroatoms. The van der Waals surface area contributed by atoms with E-state index >= 15 is 0 Å². The number of aromatic nitrogens is 1. The van der Waals surface area contributed by atoms with Gasteiger partial charge in [0.15, 0.2) is 0 Å². The zero-order valence-electron chi connectivity index (χ0n) is 14.7. The second-order valence-electron chi connectivity index (χ2n) is 6.13. The highest BCUT2D eigenvalue weighted by Gasteiger charge is 2.14. The Morgan fingerprint density at radius 3 is 2.46 bits per heavy atom. The highest BCUT2D eigenvalue weighted by molar-refractivity contribution is 7.12. The van der Waals surface area contributed by atoms with Crippen molar-refractivity contribution in [2.75, 3.05) is 0 Å². The Hall–Kier alpha value is -2.97. The molecule has 1 N–H and O–H groups in total. The van der Waals surface area contributed by atoms with Crippen molar-refractivity contribution >= 4 is 17.2 Å². The van der Waals surface area contributed by atoms with Gasteiger partial charge in [-0.05, 0) is 31.5 Å². The van der Waals surface area contributed by atoms with Crippen LogP contribution in [0.3, 0.4) is 0 Å². The number of hydrogen-bond donors (Lipinski definition) is 1. The number of nitriles is 1. The maximum atomic E-state index is 12.4. The standard InChI is InChI=1S/C21H19N3OS/c1-14-3-9-18(10-4-14)21-19(26-15(2)24-21)11-20(25)23-13-17-7-5-16(12-22)6-8-17/h3-10H,11,13H2,1-2H3,(H,23,25). The lowest BCUT2D eigenvalue weighted by atomic mass is 10.1. The number of rotatable bonds is 5. The number of amides is 1. The highest BCUT2D eigenvalue weighted by atomic mass is 32.1. The summed E-state index contributed by atoms with van der Waals surface area (Å²) in [5.41, 5.74) is 4.71. The first-order valence-corrected chi connectivity index (χ1v) is 9.16. The first kappa shape index (κ1) is 17.8. The Morgan fingerprint density at radius 2 is 1.81 bits per heavy atom. The molecule has 130 valence electrons. The highest BCUT2D eigenvalue weighted by Crippen LogP contribution is 2.28. The average molecular weight is 361 g/mol. The van der Waals surface area contributed by atoms with Crippen molar-refractivity contribution in [2.24, 2.45) is 0 Å². The topological polar surface area (TPSA) is 65.8 Å². The van der Waals surface area contributed by atoms with Gasteiger partial charge in [0.2, 0.25) is 5.91 Å². The summed E-state index contributed by atoms with van der Waals surface area (Å²) in [5.74, 6) is -0.0358. The molecule has 0 bridgehead atoms. The molecule has 1 heterocycles. The Kier molecular flexibility index (Phi) is 5.45. The Labute approximate surface area is 157 Å². The lowest BCUT2D eigenvalue weighted by Crippen LogP contribution is -2.24. The SMILES string of the molecule is Cc1ccc(-c2nc(C)sc2CC(=O)NCc2ccc(C#N)cc2)cc1. The molecule has 0 aliphatic rings. The van der Waals surface area contributed by atoms with Crippen LogP contribution < -0.4 is 5.32 Å². The van der Waals surface area contributed by atoms with Crippen molar-refractivity contribution in [3.8, 4) is 17.3 Å². The second-order valence-corrected chi connectivity index (χ2v) is 7.42. The predicted molar refractivity (Wildman–Crippen MR) is 104 cm³/mol. The van der Waals surface area contributed by atoms with Gasteiger partial charge in [0, 0.05) is 17.0 Å². The molecule has 0 saturated heterocycles. The normalized spacial score (nSPS) is 10.3. The molecule has 0 aliphatic carbocycles. The summed E-state index contributed by atoms with van der Waals surface area (Å²) in [6.45, 7) is 4.45. The number of hydrogen-bond acceptors (Lipinski definition) is 4. The summed E-state index contributed by atoms with van der Waals surface area (Å²) in [6.07, 6.45) is 0.311. The van der Waals surface area contributed by atoms with E-state index in [0.717, 1.165) is 26.7 Å². The van der Waals surface area contributed by atoms with E-state index in [2.05, 4.69) is 28.5 Å². The third kappa shape index (κ3) is 4.35. The molecule has 1 amide bonds. The average Bonchev–Trinajstić information content (AvgIpc) is 3.01. The Bertz CT molecular complexity index is 950. The molecule has 0 radical (unpaired) electrons. The zero-order valence-corrected chi connectivity index (χ0v) is 15.6. The minimum atomic E-state index is -0.0358. The van der Waals surface area contributed by atoms with E-state index in [4.69, 9.17) is 5.26 Å². The molecule has 2 aromatic carbocycles. The molecule has 0 spiro atoms. The van der Waals surface area contributed by atoms with Crippen molar-refractivity contribution in [2.45, 2.75) is 26.8 Å². The molecular weight excluding hydrogens is 342 g/mol. The molecule has 0 aliphatic heterocycles. The van der Waals surface area contributed by atoms with Crippen molar-refractivity contribution in [1.29, 1.82) is 5.26 Å². The fourth-order valence-electron chi connectivity index (χ4n) is 2.63. The molecule has 0 saturated carbocycles. The quantitative estimate of drug-likeness (QED) is 0.742. The lowest BCUT2D eigenvalue weighted by Gasteiger charge is -2.06. The number of aryl methyl sites for hydroxylation is 2. The van der Waals surface area contributed by atoms with E-state index in [1.54, 1.807) is 23.5 Å². The molecule has 26 heavy (non-hydrogen) atoms. The van der Waals surface area contributed by atoms with Crippen LogP contribution in [0.4, 0.5) is 0 Å². The van der Waals surface area contributed by atoms with Crippen molar-refractivity contribution in [3.05, 3.63) is 75.1 Å². The number of carbonyl (C=O) groups is 1. The monoisotopic (exact) mass is 361 g/mol. The number of benzene rings is 2. The molecule has 0 unspecified atom stereocenters. The molecule has 1 aromatic heterocycles. The Balaban J connectivity index is 1.67. The number of carbonyl (C=O) groups excluding carboxylic acids is 1. The van der Waals surface area contributed by atoms with Gasteiger partial charge in [0.1, 0.15) is 0 Å². The van der Waals surface area contributed by atoms with Gasteiger partial charge in [0.05, 0.1) is 28.8 Å². The van der Waals surface area contributed by atoms with Gasteiger partial charge in [0.25, 0.3) is 0 Å². The fraction of sp³-hybridized carbons (Fsp3) is 0.190. The molecule has 4 nitrogen and oxygen atoms in total. The van der Waals surface area contributed by atoms with E-state index in [-0.39, 0.29) is 5.91 Å². The number of nitrogens with zero attached hydrogens (tertiary/aromatic N) is 2. The number of thiazole rings is 1. The van der Waals surface area contributed by atoms with Gasteiger partial charge in [-0.2, -0.15) is 5.26 Å². The minimum Gasteiger partial charge on any atom is -0.352 e. The van der Waals surface area contributed by atoms with Crippen LogP contribution in [0.5, 0.6) is 0 Å². The molecule has 3 rings (SSSR count). The summed E-state index contributed by atoms with van der Waals surface area (Å²) < 4.78 is 0. The van der Waals surface area contributed by atoms with Gasteiger partial charge in [-0.15, -0.1) is 11.3 Å². The van der Waals surface area contributed by atoms with Gasteiger partial charge in [-0.3, -0.25) is 4.79 Å². The first-order chi connectivity index (χ1) is 12.5. The maximum Gasteiger partial charge on any atom is 0.225 e. The largest absolute Gasteiger partial charge is 0.352 e. The van der Waals surface area contributed by atoms with E-state index < -0.39 is 0 Å². The van der Waals surface area contributed by atoms with E-state index in [9.17, 15) is 4.79 Å². The van der Waals surface area contributed by atoms with Crippen molar-refractivity contribution in [1.82, 2.24) is 10.3 Å². The van der Waals surface area contributed by atoms with Gasteiger partial charge in [-0.1, -0.05) is 42.0 Å². The van der Waals surface area contributed by atoms with Crippen molar-refractivity contribution < 1.29 is 4.79 Å². The lowest BCUT2D eigenvalue weighted by molar-refractivity contribution is -0.120. The fourth-order valence-corrected chi connectivity index (χ4v) is 3.59. The van der Waals surface area contributed by atoms with Crippen LogP contribution in [0.15, 0.2) is 48.5 Å². The van der Waals surface area contributed by atoms with Crippen LogP contribution in [-0.4, -0.2) is 10.9 Å². The van der Waals surface area contributed by atoms with Crippen LogP contribution in [0.25, 0.3) is 11.3 Å². The van der Waals surface area contributed by atoms with E-state index in [1.165, 1.54) is 5.56 Å². The molecule has 0 atom stereocenters. The maximum absolute atomic E-state index is 12.4. The zero-order chi connectivity index (χ0) is 18.5. The Morgan fingerprint density at radius 1 is 1.12 bits per heavy atom. The van der Waals surface area contributed by atoms with Crippen LogP contribution in [0.2, 0.25) is 0 Å². The van der Waals surface area contributed by atoms with Crippen LogP contribution in [0.1, 0.15) is 26.6 Å². The molecular formula is C21H19N3OS. The van der Waals surface area contributed by atoms with Crippen LogP contribution in [-0.2, 0) is 17.8 Å². The van der Waals surface area contributed by atoms with Crippen LogP contribution >= 0.6 is 11.3 Å². The number of nitrogens with one attached hydrogen (secondary N) is 1.